The first kappa shape index (κ1) is 12.9. The van der Waals surface area contributed by atoms with Crippen molar-refractivity contribution in [3.05, 3.63) is 0 Å². The van der Waals surface area contributed by atoms with E-state index in [4.69, 9.17) is 5.73 Å². The molecule has 0 saturated heterocycles. The van der Waals surface area contributed by atoms with Gasteiger partial charge in [-0.1, -0.05) is 6.92 Å². The molecule has 3 nitrogen and oxygen atoms in total. The first-order valence-corrected chi connectivity index (χ1v) is 5.96. The normalized spacial score (nSPS) is 21.8. The maximum Gasteiger partial charge on any atom is 0.0626 e. The minimum Gasteiger partial charge on any atom is -0.394 e. The van der Waals surface area contributed by atoms with E-state index in [1.807, 2.05) is 0 Å². The standard InChI is InChI=1S/C12H26N2O/c1-5-11(2,3)14(4)8-12(13,9-15)10-6-7-10/h10,15H,5-9,13H2,1-4H3. The van der Waals surface area contributed by atoms with Gasteiger partial charge in [0.25, 0.3) is 0 Å². The molecule has 1 rings (SSSR count). The van der Waals surface area contributed by atoms with Gasteiger partial charge in [0.1, 0.15) is 0 Å². The molecule has 3 heteroatoms. The van der Waals surface area contributed by atoms with Gasteiger partial charge in [0.05, 0.1) is 12.1 Å². The van der Waals surface area contributed by atoms with E-state index in [-0.39, 0.29) is 17.7 Å². The lowest BCUT2D eigenvalue weighted by atomic mass is 9.91. The average molecular weight is 214 g/mol. The molecule has 0 bridgehead atoms. The topological polar surface area (TPSA) is 49.5 Å². The minimum atomic E-state index is -0.388. The van der Waals surface area contributed by atoms with Gasteiger partial charge in [-0.05, 0) is 46.1 Å². The molecule has 0 aromatic carbocycles. The summed E-state index contributed by atoms with van der Waals surface area (Å²) in [5.74, 6) is 0.526. The third kappa shape index (κ3) is 2.92. The number of rotatable bonds is 6. The van der Waals surface area contributed by atoms with Crippen molar-refractivity contribution in [1.29, 1.82) is 0 Å². The van der Waals surface area contributed by atoms with Crippen LogP contribution in [0.15, 0.2) is 0 Å². The van der Waals surface area contributed by atoms with E-state index in [1.165, 1.54) is 12.8 Å². The molecule has 1 aliphatic rings. The molecule has 0 aromatic rings. The summed E-state index contributed by atoms with van der Waals surface area (Å²) >= 11 is 0. The van der Waals surface area contributed by atoms with Crippen LogP contribution in [0.1, 0.15) is 40.0 Å². The molecule has 90 valence electrons. The lowest BCUT2D eigenvalue weighted by molar-refractivity contribution is 0.0760. The van der Waals surface area contributed by atoms with Gasteiger partial charge in [-0.25, -0.2) is 0 Å². The van der Waals surface area contributed by atoms with Crippen molar-refractivity contribution >= 4 is 0 Å². The Labute approximate surface area is 93.6 Å². The second kappa shape index (κ2) is 4.40. The summed E-state index contributed by atoms with van der Waals surface area (Å²) in [6, 6.07) is 0. The molecule has 0 radical (unpaired) electrons. The van der Waals surface area contributed by atoms with Crippen molar-refractivity contribution in [2.45, 2.75) is 51.1 Å². The Bertz CT molecular complexity index is 214. The predicted octanol–water partition coefficient (Wildman–Crippen LogP) is 1.21. The third-order valence-electron chi connectivity index (χ3n) is 4.11. The molecule has 0 heterocycles. The van der Waals surface area contributed by atoms with Crippen LogP contribution in [0.2, 0.25) is 0 Å². The molecule has 1 atom stereocenters. The lowest BCUT2D eigenvalue weighted by Crippen LogP contribution is -2.58. The quantitative estimate of drug-likeness (QED) is 0.698. The van der Waals surface area contributed by atoms with Crippen molar-refractivity contribution in [2.75, 3.05) is 20.2 Å². The second-order valence-corrected chi connectivity index (χ2v) is 5.69. The Kier molecular flexibility index (Phi) is 3.80. The van der Waals surface area contributed by atoms with E-state index < -0.39 is 0 Å². The molecule has 1 aliphatic carbocycles. The number of hydrogen-bond acceptors (Lipinski definition) is 3. The molecule has 0 aromatic heterocycles. The Morgan fingerprint density at radius 1 is 1.40 bits per heavy atom. The third-order valence-corrected chi connectivity index (χ3v) is 4.11. The molecule has 0 aliphatic heterocycles. The summed E-state index contributed by atoms with van der Waals surface area (Å²) in [6.45, 7) is 7.51. The number of hydrogen-bond donors (Lipinski definition) is 2. The Morgan fingerprint density at radius 3 is 2.27 bits per heavy atom. The van der Waals surface area contributed by atoms with Crippen LogP contribution in [0.25, 0.3) is 0 Å². The van der Waals surface area contributed by atoms with Gasteiger partial charge < -0.3 is 10.8 Å². The fraction of sp³-hybridized carbons (Fsp3) is 1.00. The Balaban J connectivity index is 2.58. The fourth-order valence-electron chi connectivity index (χ4n) is 1.89. The molecular weight excluding hydrogens is 188 g/mol. The summed E-state index contributed by atoms with van der Waals surface area (Å²) in [7, 11) is 2.10. The summed E-state index contributed by atoms with van der Waals surface area (Å²) in [6.07, 6.45) is 3.45. The Hall–Kier alpha value is -0.120. The van der Waals surface area contributed by atoms with Gasteiger partial charge >= 0.3 is 0 Å². The highest BCUT2D eigenvalue weighted by molar-refractivity contribution is 5.01. The van der Waals surface area contributed by atoms with Gasteiger partial charge in [-0.15, -0.1) is 0 Å². The summed E-state index contributed by atoms with van der Waals surface area (Å²) in [5, 5.41) is 9.43. The van der Waals surface area contributed by atoms with Gasteiger partial charge in [0.15, 0.2) is 0 Å². The van der Waals surface area contributed by atoms with E-state index in [1.54, 1.807) is 0 Å². The van der Waals surface area contributed by atoms with Crippen LogP contribution in [0.3, 0.4) is 0 Å². The molecular formula is C12H26N2O. The monoisotopic (exact) mass is 214 g/mol. The maximum atomic E-state index is 9.43. The van der Waals surface area contributed by atoms with Crippen molar-refractivity contribution in [1.82, 2.24) is 4.90 Å². The van der Waals surface area contributed by atoms with Crippen molar-refractivity contribution in [2.24, 2.45) is 11.7 Å². The van der Waals surface area contributed by atoms with Crippen molar-refractivity contribution in [3.63, 3.8) is 0 Å². The van der Waals surface area contributed by atoms with Gasteiger partial charge in [0, 0.05) is 12.1 Å². The number of aliphatic hydroxyl groups is 1. The molecule has 1 fully saturated rings. The fourth-order valence-corrected chi connectivity index (χ4v) is 1.89. The van der Waals surface area contributed by atoms with Crippen molar-refractivity contribution in [3.8, 4) is 0 Å². The van der Waals surface area contributed by atoms with E-state index in [2.05, 4.69) is 32.7 Å². The van der Waals surface area contributed by atoms with Crippen LogP contribution in [-0.4, -0.2) is 41.3 Å². The van der Waals surface area contributed by atoms with E-state index >= 15 is 0 Å². The summed E-state index contributed by atoms with van der Waals surface area (Å²) in [4.78, 5) is 2.28. The molecule has 1 unspecified atom stereocenters. The molecule has 0 amide bonds. The van der Waals surface area contributed by atoms with E-state index in [0.717, 1.165) is 13.0 Å². The van der Waals surface area contributed by atoms with Crippen LogP contribution >= 0.6 is 0 Å². The predicted molar refractivity (Wildman–Crippen MR) is 63.7 cm³/mol. The van der Waals surface area contributed by atoms with Gasteiger partial charge in [-0.2, -0.15) is 0 Å². The smallest absolute Gasteiger partial charge is 0.0626 e. The zero-order valence-corrected chi connectivity index (χ0v) is 10.6. The number of aliphatic hydroxyl groups excluding tert-OH is 1. The van der Waals surface area contributed by atoms with Crippen molar-refractivity contribution < 1.29 is 5.11 Å². The van der Waals surface area contributed by atoms with Crippen LogP contribution in [0, 0.1) is 5.92 Å². The highest BCUT2D eigenvalue weighted by atomic mass is 16.3. The van der Waals surface area contributed by atoms with Crippen LogP contribution < -0.4 is 5.73 Å². The van der Waals surface area contributed by atoms with Gasteiger partial charge in [-0.3, -0.25) is 4.90 Å². The number of likely N-dealkylation sites (N-methyl/N-ethyl adjacent to an activating group) is 1. The largest absolute Gasteiger partial charge is 0.394 e. The first-order valence-electron chi connectivity index (χ1n) is 5.96. The second-order valence-electron chi connectivity index (χ2n) is 5.69. The highest BCUT2D eigenvalue weighted by Gasteiger charge is 2.43. The number of nitrogens with two attached hydrogens (primary N) is 1. The van der Waals surface area contributed by atoms with E-state index in [9.17, 15) is 5.11 Å². The molecule has 0 spiro atoms. The van der Waals surface area contributed by atoms with Crippen LogP contribution in [0.5, 0.6) is 0 Å². The van der Waals surface area contributed by atoms with Gasteiger partial charge in [0.2, 0.25) is 0 Å². The number of nitrogens with zero attached hydrogens (tertiary/aromatic N) is 1. The minimum absolute atomic E-state index is 0.0990. The zero-order chi connectivity index (χ0) is 11.7. The maximum absolute atomic E-state index is 9.43. The molecule has 3 N–H and O–H groups in total. The van der Waals surface area contributed by atoms with E-state index in [0.29, 0.717) is 5.92 Å². The Morgan fingerprint density at radius 2 is 1.93 bits per heavy atom. The first-order chi connectivity index (χ1) is 6.85. The average Bonchev–Trinajstić information content (AvgIpc) is 3.00. The highest BCUT2D eigenvalue weighted by Crippen LogP contribution is 2.39. The SMILES string of the molecule is CCC(C)(C)N(C)CC(N)(CO)C1CC1. The summed E-state index contributed by atoms with van der Waals surface area (Å²) < 4.78 is 0. The zero-order valence-electron chi connectivity index (χ0n) is 10.6. The summed E-state index contributed by atoms with van der Waals surface area (Å²) in [5.41, 5.74) is 6.04. The molecule has 1 saturated carbocycles. The lowest BCUT2D eigenvalue weighted by Gasteiger charge is -2.41. The molecule has 15 heavy (non-hydrogen) atoms. The van der Waals surface area contributed by atoms with Crippen LogP contribution in [-0.2, 0) is 0 Å². The van der Waals surface area contributed by atoms with Crippen LogP contribution in [0.4, 0.5) is 0 Å².